The summed E-state index contributed by atoms with van der Waals surface area (Å²) in [6.07, 6.45) is 5.18. The fourth-order valence-corrected chi connectivity index (χ4v) is 2.98. The van der Waals surface area contributed by atoms with Crippen molar-refractivity contribution < 1.29 is 9.90 Å². The minimum absolute atomic E-state index is 0.398. The van der Waals surface area contributed by atoms with Gasteiger partial charge >= 0.3 is 5.97 Å². The Morgan fingerprint density at radius 1 is 1.43 bits per heavy atom. The summed E-state index contributed by atoms with van der Waals surface area (Å²) in [7, 11) is 0. The van der Waals surface area contributed by atoms with Gasteiger partial charge in [-0.15, -0.1) is 5.10 Å². The van der Waals surface area contributed by atoms with E-state index in [0.29, 0.717) is 31.2 Å². The SMILES string of the molecule is CC(C)CCc1nnnn1CC1(C(=O)O)CCC(C)CC1. The molecule has 118 valence electrons. The van der Waals surface area contributed by atoms with Crippen LogP contribution in [0.5, 0.6) is 0 Å². The Hall–Kier alpha value is -1.46. The highest BCUT2D eigenvalue weighted by Crippen LogP contribution is 2.40. The topological polar surface area (TPSA) is 80.9 Å². The van der Waals surface area contributed by atoms with Crippen LogP contribution in [0, 0.1) is 17.3 Å². The summed E-state index contributed by atoms with van der Waals surface area (Å²) in [5.41, 5.74) is -0.700. The van der Waals surface area contributed by atoms with Crippen LogP contribution >= 0.6 is 0 Å². The third-order valence-corrected chi connectivity index (χ3v) is 4.69. The normalized spacial score (nSPS) is 26.2. The highest BCUT2D eigenvalue weighted by atomic mass is 16.4. The number of hydrogen-bond donors (Lipinski definition) is 1. The average Bonchev–Trinajstić information content (AvgIpc) is 2.86. The van der Waals surface area contributed by atoms with Crippen LogP contribution in [0.25, 0.3) is 0 Å². The predicted molar refractivity (Wildman–Crippen MR) is 78.7 cm³/mol. The molecular formula is C15H26N4O2. The second-order valence-electron chi connectivity index (χ2n) is 6.95. The van der Waals surface area contributed by atoms with E-state index in [0.717, 1.165) is 31.5 Å². The molecule has 0 saturated heterocycles. The van der Waals surface area contributed by atoms with Crippen molar-refractivity contribution in [1.82, 2.24) is 20.2 Å². The van der Waals surface area contributed by atoms with Crippen LogP contribution in [-0.2, 0) is 17.8 Å². The Bertz CT molecular complexity index is 476. The summed E-state index contributed by atoms with van der Waals surface area (Å²) in [6, 6.07) is 0. The molecule has 0 aliphatic heterocycles. The van der Waals surface area contributed by atoms with Crippen molar-refractivity contribution in [2.45, 2.75) is 65.8 Å². The van der Waals surface area contributed by atoms with Crippen molar-refractivity contribution in [3.05, 3.63) is 5.82 Å². The molecule has 6 nitrogen and oxygen atoms in total. The Morgan fingerprint density at radius 2 is 2.10 bits per heavy atom. The molecule has 1 heterocycles. The van der Waals surface area contributed by atoms with Gasteiger partial charge in [-0.2, -0.15) is 0 Å². The minimum atomic E-state index is -0.709. The number of aromatic nitrogens is 4. The number of carboxylic acids is 1. The summed E-state index contributed by atoms with van der Waals surface area (Å²) in [6.45, 7) is 6.91. The molecule has 1 fully saturated rings. The van der Waals surface area contributed by atoms with E-state index in [-0.39, 0.29) is 0 Å². The lowest BCUT2D eigenvalue weighted by molar-refractivity contribution is -0.153. The first kappa shape index (κ1) is 15.9. The van der Waals surface area contributed by atoms with E-state index in [2.05, 4.69) is 36.3 Å². The molecule has 1 aliphatic carbocycles. The van der Waals surface area contributed by atoms with Gasteiger partial charge in [0.1, 0.15) is 0 Å². The van der Waals surface area contributed by atoms with E-state index < -0.39 is 11.4 Å². The third-order valence-electron chi connectivity index (χ3n) is 4.69. The van der Waals surface area contributed by atoms with Crippen molar-refractivity contribution in [3.8, 4) is 0 Å². The van der Waals surface area contributed by atoms with Gasteiger partial charge in [-0.25, -0.2) is 4.68 Å². The molecule has 1 aliphatic rings. The van der Waals surface area contributed by atoms with E-state index in [9.17, 15) is 9.90 Å². The minimum Gasteiger partial charge on any atom is -0.481 e. The summed E-state index contributed by atoms with van der Waals surface area (Å²) in [5.74, 6) is 1.30. The van der Waals surface area contributed by atoms with Crippen molar-refractivity contribution in [3.63, 3.8) is 0 Å². The molecule has 1 aromatic heterocycles. The molecule has 6 heteroatoms. The van der Waals surface area contributed by atoms with E-state index in [1.165, 1.54) is 0 Å². The van der Waals surface area contributed by atoms with Crippen molar-refractivity contribution in [1.29, 1.82) is 0 Å². The van der Waals surface area contributed by atoms with Crippen LogP contribution in [0.3, 0.4) is 0 Å². The number of hydrogen-bond acceptors (Lipinski definition) is 4. The van der Waals surface area contributed by atoms with Crippen LogP contribution in [-0.4, -0.2) is 31.3 Å². The van der Waals surface area contributed by atoms with Crippen molar-refractivity contribution in [2.24, 2.45) is 17.3 Å². The van der Waals surface area contributed by atoms with Gasteiger partial charge < -0.3 is 5.11 Å². The maximum absolute atomic E-state index is 11.8. The molecule has 0 atom stereocenters. The first-order valence-corrected chi connectivity index (χ1v) is 7.91. The number of carboxylic acid groups (broad SMARTS) is 1. The standard InChI is InChI=1S/C15H26N4O2/c1-11(2)4-5-13-16-17-18-19(13)10-15(14(20)21)8-6-12(3)7-9-15/h11-12H,4-10H2,1-3H3,(H,20,21). The van der Waals surface area contributed by atoms with Gasteiger partial charge in [0.2, 0.25) is 0 Å². The second-order valence-corrected chi connectivity index (χ2v) is 6.95. The predicted octanol–water partition coefficient (Wildman–Crippen LogP) is 2.54. The molecular weight excluding hydrogens is 268 g/mol. The molecule has 0 unspecified atom stereocenters. The van der Waals surface area contributed by atoms with Gasteiger partial charge in [0.15, 0.2) is 5.82 Å². The molecule has 1 N–H and O–H groups in total. The molecule has 0 amide bonds. The fourth-order valence-electron chi connectivity index (χ4n) is 2.98. The summed E-state index contributed by atoms with van der Waals surface area (Å²) < 4.78 is 1.71. The van der Waals surface area contributed by atoms with Gasteiger partial charge in [0.25, 0.3) is 0 Å². The van der Waals surface area contributed by atoms with Crippen molar-refractivity contribution in [2.75, 3.05) is 0 Å². The van der Waals surface area contributed by atoms with Crippen LogP contribution < -0.4 is 0 Å². The lowest BCUT2D eigenvalue weighted by Crippen LogP contribution is -2.39. The molecule has 0 bridgehead atoms. The zero-order valence-corrected chi connectivity index (χ0v) is 13.2. The van der Waals surface area contributed by atoms with Gasteiger partial charge in [-0.1, -0.05) is 20.8 Å². The fraction of sp³-hybridized carbons (Fsp3) is 0.867. The van der Waals surface area contributed by atoms with E-state index in [4.69, 9.17) is 0 Å². The maximum atomic E-state index is 11.8. The third kappa shape index (κ3) is 3.80. The largest absolute Gasteiger partial charge is 0.481 e. The van der Waals surface area contributed by atoms with Crippen LogP contribution in [0.2, 0.25) is 0 Å². The molecule has 1 aromatic rings. The first-order chi connectivity index (χ1) is 9.93. The summed E-state index contributed by atoms with van der Waals surface area (Å²) in [5, 5.41) is 21.5. The molecule has 1 saturated carbocycles. The summed E-state index contributed by atoms with van der Waals surface area (Å²) >= 11 is 0. The molecule has 0 spiro atoms. The van der Waals surface area contributed by atoms with Gasteiger partial charge in [0.05, 0.1) is 12.0 Å². The lowest BCUT2D eigenvalue weighted by Gasteiger charge is -2.35. The Morgan fingerprint density at radius 3 is 2.67 bits per heavy atom. The number of aliphatic carboxylic acids is 1. The van der Waals surface area contributed by atoms with Gasteiger partial charge in [-0.05, 0) is 54.4 Å². The summed E-state index contributed by atoms with van der Waals surface area (Å²) in [4.78, 5) is 11.8. The quantitative estimate of drug-likeness (QED) is 0.872. The van der Waals surface area contributed by atoms with Crippen LogP contribution in [0.15, 0.2) is 0 Å². The van der Waals surface area contributed by atoms with Crippen LogP contribution in [0.4, 0.5) is 0 Å². The zero-order chi connectivity index (χ0) is 15.5. The van der Waals surface area contributed by atoms with Crippen molar-refractivity contribution >= 4 is 5.97 Å². The number of tetrazole rings is 1. The van der Waals surface area contributed by atoms with E-state index >= 15 is 0 Å². The molecule has 2 rings (SSSR count). The smallest absolute Gasteiger partial charge is 0.311 e. The zero-order valence-electron chi connectivity index (χ0n) is 13.2. The first-order valence-electron chi connectivity index (χ1n) is 7.91. The average molecular weight is 294 g/mol. The highest BCUT2D eigenvalue weighted by molar-refractivity contribution is 5.74. The maximum Gasteiger partial charge on any atom is 0.311 e. The van der Waals surface area contributed by atoms with E-state index in [1.54, 1.807) is 4.68 Å². The Kier molecular flexibility index (Phi) is 4.96. The number of carbonyl (C=O) groups is 1. The lowest BCUT2D eigenvalue weighted by atomic mass is 9.71. The number of nitrogens with zero attached hydrogens (tertiary/aromatic N) is 4. The Labute approximate surface area is 125 Å². The van der Waals surface area contributed by atoms with Crippen LogP contribution in [0.1, 0.15) is 58.7 Å². The molecule has 21 heavy (non-hydrogen) atoms. The Balaban J connectivity index is 2.11. The highest BCUT2D eigenvalue weighted by Gasteiger charge is 2.42. The number of rotatable bonds is 6. The van der Waals surface area contributed by atoms with Gasteiger partial charge in [-0.3, -0.25) is 4.79 Å². The second kappa shape index (κ2) is 6.54. The van der Waals surface area contributed by atoms with Gasteiger partial charge in [0, 0.05) is 6.42 Å². The monoisotopic (exact) mass is 294 g/mol. The van der Waals surface area contributed by atoms with E-state index in [1.807, 2.05) is 0 Å². The molecule has 0 radical (unpaired) electrons. The molecule has 0 aromatic carbocycles. The number of aryl methyl sites for hydroxylation is 1.